The highest BCUT2D eigenvalue weighted by molar-refractivity contribution is 5.98. The van der Waals surface area contributed by atoms with Crippen molar-refractivity contribution in [3.05, 3.63) is 23.3 Å². The molecule has 3 nitrogen and oxygen atoms in total. The molecule has 2 aliphatic rings. The molecule has 0 aliphatic heterocycles. The van der Waals surface area contributed by atoms with Crippen molar-refractivity contribution in [3.8, 4) is 6.07 Å². The summed E-state index contributed by atoms with van der Waals surface area (Å²) in [5, 5.41) is 12.1. The van der Waals surface area contributed by atoms with Gasteiger partial charge in [0.1, 0.15) is 0 Å². The van der Waals surface area contributed by atoms with E-state index in [2.05, 4.69) is 17.5 Å². The Morgan fingerprint density at radius 2 is 2.29 bits per heavy atom. The molecule has 0 heterocycles. The predicted molar refractivity (Wildman–Crippen MR) is 66.0 cm³/mol. The Balaban J connectivity index is 2.09. The highest BCUT2D eigenvalue weighted by Gasteiger charge is 2.52. The largest absolute Gasteiger partial charge is 0.352 e. The number of nitrogens with one attached hydrogen (secondary N) is 1. The second-order valence-electron chi connectivity index (χ2n) is 5.08. The van der Waals surface area contributed by atoms with Crippen LogP contribution < -0.4 is 5.32 Å². The van der Waals surface area contributed by atoms with Crippen LogP contribution in [0.3, 0.4) is 0 Å². The van der Waals surface area contributed by atoms with Crippen LogP contribution in [-0.4, -0.2) is 11.9 Å². The van der Waals surface area contributed by atoms with Gasteiger partial charge in [0.25, 0.3) is 0 Å². The SMILES string of the molecule is CC(C)NC(=O)C1(C#N)C=C1C1=CCCCC1. The van der Waals surface area contributed by atoms with Crippen LogP contribution in [0.15, 0.2) is 23.3 Å². The molecule has 0 saturated heterocycles. The van der Waals surface area contributed by atoms with Crippen LogP contribution >= 0.6 is 0 Å². The summed E-state index contributed by atoms with van der Waals surface area (Å²) in [6.45, 7) is 3.82. The Morgan fingerprint density at radius 3 is 2.82 bits per heavy atom. The normalized spacial score (nSPS) is 26.9. The molecular weight excluding hydrogens is 212 g/mol. The van der Waals surface area contributed by atoms with Gasteiger partial charge in [0.15, 0.2) is 5.41 Å². The van der Waals surface area contributed by atoms with E-state index in [0.29, 0.717) is 0 Å². The number of hydrogen-bond acceptors (Lipinski definition) is 2. The van der Waals surface area contributed by atoms with Crippen molar-refractivity contribution in [1.29, 1.82) is 5.26 Å². The molecule has 2 aliphatic carbocycles. The number of rotatable bonds is 3. The lowest BCUT2D eigenvalue weighted by Gasteiger charge is -2.16. The van der Waals surface area contributed by atoms with E-state index in [9.17, 15) is 10.1 Å². The fourth-order valence-electron chi connectivity index (χ4n) is 2.32. The third kappa shape index (κ3) is 2.12. The van der Waals surface area contributed by atoms with Gasteiger partial charge in [-0.1, -0.05) is 6.08 Å². The molecule has 0 spiro atoms. The van der Waals surface area contributed by atoms with Crippen LogP contribution in [0.4, 0.5) is 0 Å². The molecule has 17 heavy (non-hydrogen) atoms. The van der Waals surface area contributed by atoms with Crippen molar-refractivity contribution in [2.24, 2.45) is 5.41 Å². The number of allylic oxidation sites excluding steroid dienone is 2. The fourth-order valence-corrected chi connectivity index (χ4v) is 2.32. The zero-order valence-corrected chi connectivity index (χ0v) is 10.4. The van der Waals surface area contributed by atoms with E-state index in [1.54, 1.807) is 0 Å². The molecule has 0 aromatic heterocycles. The average Bonchev–Trinajstić information content (AvgIpc) is 3.05. The highest BCUT2D eigenvalue weighted by atomic mass is 16.2. The topological polar surface area (TPSA) is 52.9 Å². The Labute approximate surface area is 102 Å². The second-order valence-corrected chi connectivity index (χ2v) is 5.08. The molecule has 1 unspecified atom stereocenters. The van der Waals surface area contributed by atoms with Gasteiger partial charge in [-0.3, -0.25) is 4.79 Å². The van der Waals surface area contributed by atoms with Gasteiger partial charge in [0.2, 0.25) is 5.91 Å². The van der Waals surface area contributed by atoms with Crippen LogP contribution in [0.2, 0.25) is 0 Å². The van der Waals surface area contributed by atoms with Crippen molar-refractivity contribution in [3.63, 3.8) is 0 Å². The third-order valence-corrected chi connectivity index (χ3v) is 3.29. The van der Waals surface area contributed by atoms with Gasteiger partial charge in [0.05, 0.1) is 6.07 Å². The number of carbonyl (C=O) groups is 1. The number of carbonyl (C=O) groups excluding carboxylic acids is 1. The van der Waals surface area contributed by atoms with Crippen LogP contribution in [0, 0.1) is 16.7 Å². The molecule has 1 N–H and O–H groups in total. The first-order chi connectivity index (χ1) is 8.10. The van der Waals surface area contributed by atoms with Crippen molar-refractivity contribution in [2.45, 2.75) is 45.6 Å². The van der Waals surface area contributed by atoms with Gasteiger partial charge in [-0.05, 0) is 56.8 Å². The van der Waals surface area contributed by atoms with Crippen LogP contribution in [0.25, 0.3) is 0 Å². The summed E-state index contributed by atoms with van der Waals surface area (Å²) in [5.74, 6) is -0.170. The van der Waals surface area contributed by atoms with E-state index in [-0.39, 0.29) is 11.9 Å². The maximum absolute atomic E-state index is 12.0. The number of nitriles is 1. The van der Waals surface area contributed by atoms with E-state index >= 15 is 0 Å². The van der Waals surface area contributed by atoms with Gasteiger partial charge < -0.3 is 5.32 Å². The van der Waals surface area contributed by atoms with Gasteiger partial charge in [0, 0.05) is 6.04 Å². The van der Waals surface area contributed by atoms with E-state index in [1.165, 1.54) is 12.0 Å². The summed E-state index contributed by atoms with van der Waals surface area (Å²) in [6.07, 6.45) is 8.44. The summed E-state index contributed by atoms with van der Waals surface area (Å²) in [4.78, 5) is 12.0. The molecule has 1 atom stereocenters. The van der Waals surface area contributed by atoms with Crippen molar-refractivity contribution in [2.75, 3.05) is 0 Å². The molecule has 3 heteroatoms. The van der Waals surface area contributed by atoms with E-state index in [0.717, 1.165) is 24.8 Å². The van der Waals surface area contributed by atoms with E-state index < -0.39 is 5.41 Å². The van der Waals surface area contributed by atoms with Crippen LogP contribution in [0.5, 0.6) is 0 Å². The Hall–Kier alpha value is -1.56. The van der Waals surface area contributed by atoms with Crippen LogP contribution in [0.1, 0.15) is 39.5 Å². The average molecular weight is 230 g/mol. The first-order valence-electron chi connectivity index (χ1n) is 6.25. The van der Waals surface area contributed by atoms with Crippen molar-refractivity contribution in [1.82, 2.24) is 5.32 Å². The molecule has 0 aromatic rings. The van der Waals surface area contributed by atoms with Gasteiger partial charge in [-0.25, -0.2) is 0 Å². The summed E-state index contributed by atoms with van der Waals surface area (Å²) in [5.41, 5.74) is 1.18. The second kappa shape index (κ2) is 4.37. The Kier molecular flexibility index (Phi) is 3.06. The number of hydrogen-bond donors (Lipinski definition) is 1. The lowest BCUT2D eigenvalue weighted by Crippen LogP contribution is -2.37. The fraction of sp³-hybridized carbons (Fsp3) is 0.571. The summed E-state index contributed by atoms with van der Waals surface area (Å²) in [6, 6.07) is 2.23. The molecule has 1 amide bonds. The van der Waals surface area contributed by atoms with E-state index in [1.807, 2.05) is 19.9 Å². The first-order valence-corrected chi connectivity index (χ1v) is 6.25. The summed E-state index contributed by atoms with van der Waals surface area (Å²) >= 11 is 0. The smallest absolute Gasteiger partial charge is 0.249 e. The Morgan fingerprint density at radius 1 is 1.53 bits per heavy atom. The molecular formula is C14H18N2O. The highest BCUT2D eigenvalue weighted by Crippen LogP contribution is 2.50. The standard InChI is InChI=1S/C14H18N2O/c1-10(2)16-13(17)14(9-15)8-12(14)11-6-4-3-5-7-11/h6,8,10H,3-5,7H2,1-2H3,(H,16,17). The van der Waals surface area contributed by atoms with Crippen molar-refractivity contribution < 1.29 is 4.79 Å². The minimum atomic E-state index is -0.965. The molecule has 0 aromatic carbocycles. The molecule has 0 bridgehead atoms. The summed E-state index contributed by atoms with van der Waals surface area (Å²) < 4.78 is 0. The molecule has 0 radical (unpaired) electrons. The van der Waals surface area contributed by atoms with Gasteiger partial charge in [-0.15, -0.1) is 0 Å². The Bertz CT molecular complexity index is 440. The van der Waals surface area contributed by atoms with Gasteiger partial charge in [-0.2, -0.15) is 5.26 Å². The molecule has 0 saturated carbocycles. The lowest BCUT2D eigenvalue weighted by atomic mass is 9.90. The molecule has 0 fully saturated rings. The predicted octanol–water partition coefficient (Wildman–Crippen LogP) is 2.46. The minimum Gasteiger partial charge on any atom is -0.352 e. The number of nitrogens with zero attached hydrogens (tertiary/aromatic N) is 1. The monoisotopic (exact) mass is 230 g/mol. The molecule has 90 valence electrons. The van der Waals surface area contributed by atoms with E-state index in [4.69, 9.17) is 0 Å². The van der Waals surface area contributed by atoms with Crippen LogP contribution in [-0.2, 0) is 4.79 Å². The quantitative estimate of drug-likeness (QED) is 0.809. The van der Waals surface area contributed by atoms with Crippen molar-refractivity contribution >= 4 is 5.91 Å². The zero-order chi connectivity index (χ0) is 12.5. The minimum absolute atomic E-state index is 0.0725. The first kappa shape index (κ1) is 11.9. The lowest BCUT2D eigenvalue weighted by molar-refractivity contribution is -0.124. The number of amides is 1. The van der Waals surface area contributed by atoms with Gasteiger partial charge >= 0.3 is 0 Å². The zero-order valence-electron chi connectivity index (χ0n) is 10.4. The summed E-state index contributed by atoms with van der Waals surface area (Å²) in [7, 11) is 0. The maximum atomic E-state index is 12.0. The molecule has 2 rings (SSSR count). The third-order valence-electron chi connectivity index (χ3n) is 3.29. The maximum Gasteiger partial charge on any atom is 0.249 e.